The number of hydrogen-bond acceptors (Lipinski definition) is 1. The van der Waals surface area contributed by atoms with Crippen LogP contribution in [0.3, 0.4) is 0 Å². The molecule has 0 heterocycles. The van der Waals surface area contributed by atoms with Crippen molar-refractivity contribution < 1.29 is 0 Å². The first-order valence-corrected chi connectivity index (χ1v) is 8.16. The van der Waals surface area contributed by atoms with Crippen LogP contribution in [-0.4, -0.2) is 6.54 Å². The van der Waals surface area contributed by atoms with E-state index in [0.717, 1.165) is 12.8 Å². The molecule has 3 aromatic carbocycles. The van der Waals surface area contributed by atoms with Crippen LogP contribution >= 0.6 is 0 Å². The minimum atomic E-state index is -0.0794. The third-order valence-corrected chi connectivity index (χ3v) is 4.55. The van der Waals surface area contributed by atoms with Gasteiger partial charge in [-0.05, 0) is 29.5 Å². The first-order chi connectivity index (χ1) is 11.3. The van der Waals surface area contributed by atoms with E-state index in [1.165, 1.54) is 16.7 Å². The summed E-state index contributed by atoms with van der Waals surface area (Å²) < 4.78 is 0. The van der Waals surface area contributed by atoms with Gasteiger partial charge in [-0.25, -0.2) is 0 Å². The molecule has 0 atom stereocenters. The van der Waals surface area contributed by atoms with Gasteiger partial charge in [-0.2, -0.15) is 0 Å². The minimum Gasteiger partial charge on any atom is -0.330 e. The molecule has 0 unspecified atom stereocenters. The van der Waals surface area contributed by atoms with Crippen molar-refractivity contribution in [2.45, 2.75) is 18.3 Å². The fourth-order valence-electron chi connectivity index (χ4n) is 3.29. The van der Waals surface area contributed by atoms with Crippen LogP contribution in [0.1, 0.15) is 16.7 Å². The Balaban J connectivity index is 2.00. The number of rotatable bonds is 6. The fraction of sp³-hybridized carbons (Fsp3) is 0.182. The normalized spacial score (nSPS) is 11.3. The molecule has 0 aromatic heterocycles. The Morgan fingerprint density at radius 3 is 1.35 bits per heavy atom. The first-order valence-electron chi connectivity index (χ1n) is 8.16. The molecule has 0 bridgehead atoms. The zero-order chi connectivity index (χ0) is 16.0. The Bertz CT molecular complexity index is 663. The Morgan fingerprint density at radius 2 is 0.957 bits per heavy atom. The molecule has 0 saturated carbocycles. The van der Waals surface area contributed by atoms with Crippen LogP contribution in [0.4, 0.5) is 0 Å². The van der Waals surface area contributed by atoms with E-state index in [1.54, 1.807) is 0 Å². The second-order valence-corrected chi connectivity index (χ2v) is 6.18. The molecule has 0 aliphatic rings. The van der Waals surface area contributed by atoms with E-state index in [2.05, 4.69) is 91.0 Å². The van der Waals surface area contributed by atoms with E-state index in [0.29, 0.717) is 6.54 Å². The van der Waals surface area contributed by atoms with Crippen molar-refractivity contribution in [3.8, 4) is 0 Å². The first kappa shape index (κ1) is 15.5. The molecular formula is C22H23N. The summed E-state index contributed by atoms with van der Waals surface area (Å²) in [5.41, 5.74) is 10.2. The van der Waals surface area contributed by atoms with E-state index < -0.39 is 0 Å². The topological polar surface area (TPSA) is 26.0 Å². The molecule has 0 saturated heterocycles. The molecule has 0 aliphatic heterocycles. The van der Waals surface area contributed by atoms with Gasteiger partial charge in [-0.1, -0.05) is 91.0 Å². The van der Waals surface area contributed by atoms with Gasteiger partial charge >= 0.3 is 0 Å². The van der Waals surface area contributed by atoms with Crippen LogP contribution in [0.25, 0.3) is 0 Å². The molecule has 0 amide bonds. The summed E-state index contributed by atoms with van der Waals surface area (Å²) >= 11 is 0. The van der Waals surface area contributed by atoms with Crippen LogP contribution < -0.4 is 5.73 Å². The molecule has 23 heavy (non-hydrogen) atoms. The molecule has 1 heteroatoms. The predicted octanol–water partition coefficient (Wildman–Crippen LogP) is 4.37. The highest BCUT2D eigenvalue weighted by Crippen LogP contribution is 2.31. The Kier molecular flexibility index (Phi) is 4.89. The molecule has 116 valence electrons. The van der Waals surface area contributed by atoms with E-state index in [4.69, 9.17) is 5.73 Å². The van der Waals surface area contributed by atoms with Gasteiger partial charge in [0.05, 0.1) is 0 Å². The van der Waals surface area contributed by atoms with Gasteiger partial charge in [-0.15, -0.1) is 0 Å². The highest BCUT2D eigenvalue weighted by molar-refractivity contribution is 5.33. The standard InChI is InChI=1S/C22H23N/c23-18-22(21-14-8-3-9-15-21,16-19-10-4-1-5-11-19)17-20-12-6-2-7-13-20/h1-15H,16-18,23H2. The maximum atomic E-state index is 6.34. The molecule has 0 spiro atoms. The van der Waals surface area contributed by atoms with Gasteiger partial charge in [0.2, 0.25) is 0 Å². The lowest BCUT2D eigenvalue weighted by atomic mass is 9.71. The minimum absolute atomic E-state index is 0.0794. The quantitative estimate of drug-likeness (QED) is 0.719. The lowest BCUT2D eigenvalue weighted by Gasteiger charge is -2.34. The van der Waals surface area contributed by atoms with Crippen LogP contribution in [-0.2, 0) is 18.3 Å². The summed E-state index contributed by atoms with van der Waals surface area (Å²) in [5, 5.41) is 0. The molecule has 3 aromatic rings. The Morgan fingerprint density at radius 1 is 0.565 bits per heavy atom. The molecule has 0 aliphatic carbocycles. The van der Waals surface area contributed by atoms with Crippen molar-refractivity contribution in [2.75, 3.05) is 6.54 Å². The molecule has 0 fully saturated rings. The van der Waals surface area contributed by atoms with Gasteiger partial charge in [0, 0.05) is 12.0 Å². The molecule has 1 nitrogen and oxygen atoms in total. The highest BCUT2D eigenvalue weighted by atomic mass is 14.6. The van der Waals surface area contributed by atoms with E-state index in [-0.39, 0.29) is 5.41 Å². The summed E-state index contributed by atoms with van der Waals surface area (Å²) in [4.78, 5) is 0. The summed E-state index contributed by atoms with van der Waals surface area (Å²) in [5.74, 6) is 0. The highest BCUT2D eigenvalue weighted by Gasteiger charge is 2.31. The van der Waals surface area contributed by atoms with E-state index in [1.807, 2.05) is 0 Å². The van der Waals surface area contributed by atoms with Crippen LogP contribution in [0, 0.1) is 0 Å². The summed E-state index contributed by atoms with van der Waals surface area (Å²) in [6.45, 7) is 0.626. The van der Waals surface area contributed by atoms with Gasteiger partial charge in [0.1, 0.15) is 0 Å². The van der Waals surface area contributed by atoms with Gasteiger partial charge in [-0.3, -0.25) is 0 Å². The largest absolute Gasteiger partial charge is 0.330 e. The SMILES string of the molecule is NCC(Cc1ccccc1)(Cc1ccccc1)c1ccccc1. The van der Waals surface area contributed by atoms with Crippen molar-refractivity contribution >= 4 is 0 Å². The Hall–Kier alpha value is -2.38. The zero-order valence-electron chi connectivity index (χ0n) is 13.4. The molecule has 0 radical (unpaired) electrons. The fourth-order valence-corrected chi connectivity index (χ4v) is 3.29. The average molecular weight is 301 g/mol. The summed E-state index contributed by atoms with van der Waals surface area (Å²) in [6, 6.07) is 32.0. The second-order valence-electron chi connectivity index (χ2n) is 6.18. The van der Waals surface area contributed by atoms with Crippen molar-refractivity contribution in [3.63, 3.8) is 0 Å². The Labute approximate surface area is 138 Å². The van der Waals surface area contributed by atoms with Gasteiger partial charge in [0.15, 0.2) is 0 Å². The maximum absolute atomic E-state index is 6.34. The zero-order valence-corrected chi connectivity index (χ0v) is 13.4. The third kappa shape index (κ3) is 3.69. The van der Waals surface area contributed by atoms with Gasteiger partial charge in [0.25, 0.3) is 0 Å². The van der Waals surface area contributed by atoms with Crippen molar-refractivity contribution in [1.82, 2.24) is 0 Å². The van der Waals surface area contributed by atoms with E-state index in [9.17, 15) is 0 Å². The van der Waals surface area contributed by atoms with Crippen LogP contribution in [0.5, 0.6) is 0 Å². The van der Waals surface area contributed by atoms with Crippen molar-refractivity contribution in [1.29, 1.82) is 0 Å². The maximum Gasteiger partial charge on any atom is 0.0156 e. The monoisotopic (exact) mass is 301 g/mol. The van der Waals surface area contributed by atoms with Crippen LogP contribution in [0.15, 0.2) is 91.0 Å². The number of hydrogen-bond donors (Lipinski definition) is 1. The molecular weight excluding hydrogens is 278 g/mol. The second kappa shape index (κ2) is 7.26. The third-order valence-electron chi connectivity index (χ3n) is 4.55. The lowest BCUT2D eigenvalue weighted by Crippen LogP contribution is -2.39. The molecule has 3 rings (SSSR count). The van der Waals surface area contributed by atoms with Crippen molar-refractivity contribution in [2.24, 2.45) is 5.73 Å². The van der Waals surface area contributed by atoms with E-state index >= 15 is 0 Å². The number of nitrogens with two attached hydrogens (primary N) is 1. The molecule has 2 N–H and O–H groups in total. The van der Waals surface area contributed by atoms with Crippen LogP contribution in [0.2, 0.25) is 0 Å². The average Bonchev–Trinajstić information content (AvgIpc) is 2.63. The summed E-state index contributed by atoms with van der Waals surface area (Å²) in [7, 11) is 0. The number of benzene rings is 3. The predicted molar refractivity (Wildman–Crippen MR) is 97.5 cm³/mol. The smallest absolute Gasteiger partial charge is 0.0156 e. The van der Waals surface area contributed by atoms with Crippen molar-refractivity contribution in [3.05, 3.63) is 108 Å². The summed E-state index contributed by atoms with van der Waals surface area (Å²) in [6.07, 6.45) is 1.90. The lowest BCUT2D eigenvalue weighted by molar-refractivity contribution is 0.430. The van der Waals surface area contributed by atoms with Gasteiger partial charge < -0.3 is 5.73 Å².